The first kappa shape index (κ1) is 10.5. The summed E-state index contributed by atoms with van der Waals surface area (Å²) in [6.07, 6.45) is 8.81. The number of halogens is 1. The van der Waals surface area contributed by atoms with Crippen LogP contribution in [-0.4, -0.2) is 15.8 Å². The minimum absolute atomic E-state index is 0.827. The van der Waals surface area contributed by atoms with Gasteiger partial charge in [0, 0.05) is 18.3 Å². The van der Waals surface area contributed by atoms with Gasteiger partial charge in [-0.3, -0.25) is 0 Å². The summed E-state index contributed by atoms with van der Waals surface area (Å²) in [4.78, 5) is 6.42. The van der Waals surface area contributed by atoms with Gasteiger partial charge in [-0.05, 0) is 6.42 Å². The molecule has 1 aromatic heterocycles. The first-order chi connectivity index (χ1) is 5.41. The molecule has 0 saturated heterocycles. The van der Waals surface area contributed by atoms with Gasteiger partial charge in [-0.1, -0.05) is 19.8 Å². The quantitative estimate of drug-likeness (QED) is 0.554. The molecule has 2 nitrogen and oxygen atoms in total. The van der Waals surface area contributed by atoms with Crippen molar-refractivity contribution in [3.63, 3.8) is 0 Å². The zero-order valence-corrected chi connectivity index (χ0v) is 7.64. The van der Waals surface area contributed by atoms with E-state index >= 15 is 0 Å². The summed E-state index contributed by atoms with van der Waals surface area (Å²) in [6.45, 7) is 2.17. The van der Waals surface area contributed by atoms with Crippen molar-refractivity contribution in [2.24, 2.45) is 0 Å². The highest BCUT2D eigenvalue weighted by Gasteiger charge is 1.76. The van der Waals surface area contributed by atoms with Crippen LogP contribution in [-0.2, 0) is 0 Å². The lowest BCUT2D eigenvalue weighted by Crippen LogP contribution is -1.70. The van der Waals surface area contributed by atoms with Gasteiger partial charge in [0.15, 0.2) is 0 Å². The number of alkyl halides is 1. The van der Waals surface area contributed by atoms with Gasteiger partial charge in [-0.25, -0.2) is 4.98 Å². The fourth-order valence-electron chi connectivity index (χ4n) is 0.560. The number of hydrogen-bond acceptors (Lipinski definition) is 1. The van der Waals surface area contributed by atoms with Gasteiger partial charge in [-0.15, -0.1) is 11.6 Å². The molecule has 3 heteroatoms. The van der Waals surface area contributed by atoms with Crippen molar-refractivity contribution in [3.05, 3.63) is 18.7 Å². The van der Waals surface area contributed by atoms with E-state index in [0.717, 1.165) is 5.88 Å². The number of aromatic nitrogens is 2. The molecule has 0 aromatic carbocycles. The Kier molecular flexibility index (Phi) is 9.07. The van der Waals surface area contributed by atoms with E-state index in [4.69, 9.17) is 11.6 Å². The molecule has 0 radical (unpaired) electrons. The summed E-state index contributed by atoms with van der Waals surface area (Å²) in [6, 6.07) is 0. The third-order valence-electron chi connectivity index (χ3n) is 1.14. The molecule has 11 heavy (non-hydrogen) atoms. The third-order valence-corrected chi connectivity index (χ3v) is 1.41. The van der Waals surface area contributed by atoms with E-state index in [9.17, 15) is 0 Å². The van der Waals surface area contributed by atoms with E-state index in [2.05, 4.69) is 16.9 Å². The Hall–Kier alpha value is -0.500. The van der Waals surface area contributed by atoms with Crippen molar-refractivity contribution in [1.82, 2.24) is 9.97 Å². The van der Waals surface area contributed by atoms with Crippen molar-refractivity contribution in [3.8, 4) is 0 Å². The second kappa shape index (κ2) is 9.50. The first-order valence-electron chi connectivity index (χ1n) is 3.90. The van der Waals surface area contributed by atoms with Crippen molar-refractivity contribution < 1.29 is 0 Å². The van der Waals surface area contributed by atoms with Gasteiger partial charge in [0.1, 0.15) is 0 Å². The Morgan fingerprint density at radius 3 is 2.45 bits per heavy atom. The second-order valence-corrected chi connectivity index (χ2v) is 2.53. The number of nitrogens with one attached hydrogen (secondary N) is 1. The smallest absolute Gasteiger partial charge is 0.0919 e. The molecule has 1 aromatic rings. The third kappa shape index (κ3) is 9.50. The molecule has 1 N–H and O–H groups in total. The van der Waals surface area contributed by atoms with Gasteiger partial charge < -0.3 is 4.98 Å². The van der Waals surface area contributed by atoms with Crippen LogP contribution in [0.15, 0.2) is 18.7 Å². The van der Waals surface area contributed by atoms with E-state index < -0.39 is 0 Å². The average Bonchev–Trinajstić information content (AvgIpc) is 2.57. The lowest BCUT2D eigenvalue weighted by Gasteiger charge is -1.84. The summed E-state index contributed by atoms with van der Waals surface area (Å²) in [7, 11) is 0. The zero-order chi connectivity index (χ0) is 8.36. The molecule has 0 aliphatic rings. The monoisotopic (exact) mass is 174 g/mol. The lowest BCUT2D eigenvalue weighted by atomic mass is 10.3. The zero-order valence-electron chi connectivity index (χ0n) is 6.89. The summed E-state index contributed by atoms with van der Waals surface area (Å²) in [5, 5.41) is 0. The standard InChI is InChI=1S/C5H11Cl.C3H4N2/c1-2-3-4-5-6;1-2-5-3-4-1/h2-5H2,1H3;1-3H,(H,4,5). The van der Waals surface area contributed by atoms with Crippen LogP contribution in [0.4, 0.5) is 0 Å². The van der Waals surface area contributed by atoms with Crippen LogP contribution in [0.1, 0.15) is 26.2 Å². The van der Waals surface area contributed by atoms with E-state index in [1.54, 1.807) is 18.7 Å². The second-order valence-electron chi connectivity index (χ2n) is 2.16. The number of nitrogens with zero attached hydrogens (tertiary/aromatic N) is 1. The number of unbranched alkanes of at least 4 members (excludes halogenated alkanes) is 2. The van der Waals surface area contributed by atoms with Crippen LogP contribution in [0, 0.1) is 0 Å². The highest BCUT2D eigenvalue weighted by atomic mass is 35.5. The summed E-state index contributed by atoms with van der Waals surface area (Å²) >= 11 is 5.38. The lowest BCUT2D eigenvalue weighted by molar-refractivity contribution is 0.776. The van der Waals surface area contributed by atoms with E-state index in [1.165, 1.54) is 19.3 Å². The number of H-pyrrole nitrogens is 1. The van der Waals surface area contributed by atoms with E-state index in [0.29, 0.717) is 0 Å². The molecule has 0 aliphatic carbocycles. The molecular formula is C8H15ClN2. The molecule has 0 saturated carbocycles. The van der Waals surface area contributed by atoms with Crippen LogP contribution in [0.5, 0.6) is 0 Å². The Balaban J connectivity index is 0.000000183. The molecule has 0 aliphatic heterocycles. The number of rotatable bonds is 3. The summed E-state index contributed by atoms with van der Waals surface area (Å²) in [5.74, 6) is 0.827. The van der Waals surface area contributed by atoms with Crippen molar-refractivity contribution in [1.29, 1.82) is 0 Å². The minimum atomic E-state index is 0.827. The molecule has 0 fully saturated rings. The Morgan fingerprint density at radius 2 is 2.27 bits per heavy atom. The van der Waals surface area contributed by atoms with Gasteiger partial charge in [0.2, 0.25) is 0 Å². The Labute approximate surface area is 73.0 Å². The van der Waals surface area contributed by atoms with Crippen LogP contribution >= 0.6 is 11.6 Å². The van der Waals surface area contributed by atoms with Gasteiger partial charge in [-0.2, -0.15) is 0 Å². The van der Waals surface area contributed by atoms with Crippen molar-refractivity contribution in [2.75, 3.05) is 5.88 Å². The van der Waals surface area contributed by atoms with Crippen molar-refractivity contribution in [2.45, 2.75) is 26.2 Å². The average molecular weight is 175 g/mol. The fourth-order valence-corrected chi connectivity index (χ4v) is 0.749. The minimum Gasteiger partial charge on any atom is -0.351 e. The van der Waals surface area contributed by atoms with Crippen molar-refractivity contribution >= 4 is 11.6 Å². The summed E-state index contributed by atoms with van der Waals surface area (Å²) in [5.41, 5.74) is 0. The largest absolute Gasteiger partial charge is 0.351 e. The van der Waals surface area contributed by atoms with Crippen LogP contribution < -0.4 is 0 Å². The predicted octanol–water partition coefficient (Wildman–Crippen LogP) is 2.83. The molecule has 1 heterocycles. The fraction of sp³-hybridized carbons (Fsp3) is 0.625. The molecule has 0 bridgehead atoms. The molecule has 64 valence electrons. The molecule has 1 rings (SSSR count). The number of imidazole rings is 1. The maximum Gasteiger partial charge on any atom is 0.0919 e. The Morgan fingerprint density at radius 1 is 1.45 bits per heavy atom. The maximum atomic E-state index is 5.38. The normalized spacial score (nSPS) is 8.55. The maximum absolute atomic E-state index is 5.38. The molecule has 0 amide bonds. The number of hydrogen-bond donors (Lipinski definition) is 1. The molecule has 0 unspecified atom stereocenters. The SMILES string of the molecule is CCCCCCl.c1c[nH]cn1. The Bertz CT molecular complexity index is 107. The topological polar surface area (TPSA) is 28.7 Å². The van der Waals surface area contributed by atoms with Crippen LogP contribution in [0.3, 0.4) is 0 Å². The van der Waals surface area contributed by atoms with E-state index in [1.807, 2.05) is 0 Å². The summed E-state index contributed by atoms with van der Waals surface area (Å²) < 4.78 is 0. The van der Waals surface area contributed by atoms with Gasteiger partial charge in [0.05, 0.1) is 6.33 Å². The molecule has 0 spiro atoms. The molecule has 0 atom stereocenters. The predicted molar refractivity (Wildman–Crippen MR) is 48.8 cm³/mol. The van der Waals surface area contributed by atoms with Crippen LogP contribution in [0.2, 0.25) is 0 Å². The van der Waals surface area contributed by atoms with Gasteiger partial charge in [0.25, 0.3) is 0 Å². The van der Waals surface area contributed by atoms with Gasteiger partial charge >= 0.3 is 0 Å². The van der Waals surface area contributed by atoms with E-state index in [-0.39, 0.29) is 0 Å². The molecular weight excluding hydrogens is 160 g/mol. The van der Waals surface area contributed by atoms with Crippen LogP contribution in [0.25, 0.3) is 0 Å². The first-order valence-corrected chi connectivity index (χ1v) is 4.44. The number of aromatic amines is 1. The highest BCUT2D eigenvalue weighted by molar-refractivity contribution is 6.17. The highest BCUT2D eigenvalue weighted by Crippen LogP contribution is 1.93.